The molecule has 2 saturated heterocycles. The number of rotatable bonds is 8. The molecule has 1 aromatic rings. The first-order valence-electron chi connectivity index (χ1n) is 10.3. The second-order valence-corrected chi connectivity index (χ2v) is 7.74. The van der Waals surface area contributed by atoms with Crippen molar-refractivity contribution in [1.82, 2.24) is 14.7 Å². The molecule has 2 aliphatic rings. The van der Waals surface area contributed by atoms with E-state index in [1.165, 1.54) is 31.2 Å². The molecule has 0 spiro atoms. The van der Waals surface area contributed by atoms with E-state index in [-0.39, 0.29) is 0 Å². The standard InChI is InChI=1S/C21H33N3O3/c25-18-24-12-10-23(11-13-24)15-19-6-5-7-21(14-19)27-17-20(26)16-22-8-3-1-2-4-9-22/h5-7,14,18,20,26H,1-4,8-13,15-17H2. The molecule has 0 radical (unpaired) electrons. The van der Waals surface area contributed by atoms with Crippen LogP contribution in [-0.4, -0.2) is 84.7 Å². The molecule has 2 aliphatic heterocycles. The second-order valence-electron chi connectivity index (χ2n) is 7.74. The number of aliphatic hydroxyl groups is 1. The minimum Gasteiger partial charge on any atom is -0.491 e. The number of piperazine rings is 1. The average molecular weight is 376 g/mol. The fraction of sp³-hybridized carbons (Fsp3) is 0.667. The highest BCUT2D eigenvalue weighted by Gasteiger charge is 2.16. The molecule has 1 atom stereocenters. The van der Waals surface area contributed by atoms with Crippen molar-refractivity contribution in [2.75, 3.05) is 52.4 Å². The lowest BCUT2D eigenvalue weighted by molar-refractivity contribution is -0.119. The molecule has 150 valence electrons. The number of hydrogen-bond acceptors (Lipinski definition) is 5. The first-order valence-corrected chi connectivity index (χ1v) is 10.3. The van der Waals surface area contributed by atoms with Gasteiger partial charge in [-0.15, -0.1) is 0 Å². The largest absolute Gasteiger partial charge is 0.491 e. The molecule has 6 nitrogen and oxygen atoms in total. The molecule has 3 rings (SSSR count). The Bertz CT molecular complexity index is 568. The highest BCUT2D eigenvalue weighted by molar-refractivity contribution is 5.47. The summed E-state index contributed by atoms with van der Waals surface area (Å²) in [5.41, 5.74) is 1.20. The molecule has 6 heteroatoms. The lowest BCUT2D eigenvalue weighted by atomic mass is 10.2. The maximum atomic E-state index is 10.8. The lowest BCUT2D eigenvalue weighted by Crippen LogP contribution is -2.45. The molecule has 2 heterocycles. The molecule has 1 unspecified atom stereocenters. The van der Waals surface area contributed by atoms with Crippen molar-refractivity contribution in [2.45, 2.75) is 38.3 Å². The summed E-state index contributed by atoms with van der Waals surface area (Å²) in [7, 11) is 0. The molecule has 0 saturated carbocycles. The summed E-state index contributed by atoms with van der Waals surface area (Å²) in [4.78, 5) is 17.3. The Balaban J connectivity index is 1.42. The Labute approximate surface area is 162 Å². The Morgan fingerprint density at radius 1 is 1.00 bits per heavy atom. The fourth-order valence-electron chi connectivity index (χ4n) is 3.88. The molecule has 1 aromatic carbocycles. The van der Waals surface area contributed by atoms with E-state index in [1.807, 2.05) is 17.0 Å². The number of hydrogen-bond donors (Lipinski definition) is 1. The molecule has 0 bridgehead atoms. The van der Waals surface area contributed by atoms with E-state index in [0.717, 1.165) is 58.0 Å². The van der Waals surface area contributed by atoms with Crippen LogP contribution >= 0.6 is 0 Å². The van der Waals surface area contributed by atoms with Crippen LogP contribution in [-0.2, 0) is 11.3 Å². The van der Waals surface area contributed by atoms with Crippen molar-refractivity contribution < 1.29 is 14.6 Å². The van der Waals surface area contributed by atoms with Crippen LogP contribution in [0.5, 0.6) is 5.75 Å². The predicted molar refractivity (Wildman–Crippen MR) is 106 cm³/mol. The van der Waals surface area contributed by atoms with E-state index >= 15 is 0 Å². The van der Waals surface area contributed by atoms with E-state index in [4.69, 9.17) is 4.74 Å². The molecular weight excluding hydrogens is 342 g/mol. The van der Waals surface area contributed by atoms with E-state index < -0.39 is 6.10 Å². The summed E-state index contributed by atoms with van der Waals surface area (Å²) >= 11 is 0. The second kappa shape index (κ2) is 10.6. The third kappa shape index (κ3) is 6.79. The molecule has 2 fully saturated rings. The first-order chi connectivity index (χ1) is 13.2. The molecule has 27 heavy (non-hydrogen) atoms. The third-order valence-corrected chi connectivity index (χ3v) is 5.47. The number of ether oxygens (including phenoxy) is 1. The van der Waals surface area contributed by atoms with Gasteiger partial charge in [-0.3, -0.25) is 9.69 Å². The van der Waals surface area contributed by atoms with Crippen LogP contribution in [0.2, 0.25) is 0 Å². The fourth-order valence-corrected chi connectivity index (χ4v) is 3.88. The van der Waals surface area contributed by atoms with E-state index in [0.29, 0.717) is 13.2 Å². The van der Waals surface area contributed by atoms with Gasteiger partial charge in [-0.05, 0) is 43.6 Å². The Hall–Kier alpha value is -1.63. The van der Waals surface area contributed by atoms with Gasteiger partial charge in [-0.1, -0.05) is 25.0 Å². The maximum Gasteiger partial charge on any atom is 0.209 e. The number of carbonyl (C=O) groups excluding carboxylic acids is 1. The summed E-state index contributed by atoms with van der Waals surface area (Å²) in [5.74, 6) is 0.814. The Kier molecular flexibility index (Phi) is 7.93. The highest BCUT2D eigenvalue weighted by Crippen LogP contribution is 2.16. The van der Waals surface area contributed by atoms with Gasteiger partial charge in [0.25, 0.3) is 0 Å². The van der Waals surface area contributed by atoms with Crippen molar-refractivity contribution >= 4 is 6.41 Å². The van der Waals surface area contributed by atoms with Crippen molar-refractivity contribution in [1.29, 1.82) is 0 Å². The van der Waals surface area contributed by atoms with Gasteiger partial charge in [0.15, 0.2) is 0 Å². The first kappa shape index (κ1) is 20.1. The number of likely N-dealkylation sites (tertiary alicyclic amines) is 1. The van der Waals surface area contributed by atoms with Crippen LogP contribution in [0.3, 0.4) is 0 Å². The van der Waals surface area contributed by atoms with Gasteiger partial charge in [0.1, 0.15) is 18.5 Å². The number of amides is 1. The zero-order valence-electron chi connectivity index (χ0n) is 16.3. The maximum absolute atomic E-state index is 10.8. The molecule has 0 aromatic heterocycles. The van der Waals surface area contributed by atoms with Crippen LogP contribution in [0.1, 0.15) is 31.2 Å². The number of β-amino-alcohol motifs (C(OH)–C–C–N with tert-alkyl or cyclic N) is 1. The highest BCUT2D eigenvalue weighted by atomic mass is 16.5. The minimum atomic E-state index is -0.455. The number of carbonyl (C=O) groups is 1. The van der Waals surface area contributed by atoms with Gasteiger partial charge in [0, 0.05) is 39.3 Å². The quantitative estimate of drug-likeness (QED) is 0.699. The summed E-state index contributed by atoms with van der Waals surface area (Å²) in [6, 6.07) is 8.12. The minimum absolute atomic E-state index is 0.331. The smallest absolute Gasteiger partial charge is 0.209 e. The molecule has 0 aliphatic carbocycles. The monoisotopic (exact) mass is 375 g/mol. The lowest BCUT2D eigenvalue weighted by Gasteiger charge is -2.32. The summed E-state index contributed by atoms with van der Waals surface area (Å²) in [6.45, 7) is 7.45. The molecule has 1 N–H and O–H groups in total. The van der Waals surface area contributed by atoms with Crippen LogP contribution < -0.4 is 4.74 Å². The third-order valence-electron chi connectivity index (χ3n) is 5.47. The molecular formula is C21H33N3O3. The number of nitrogens with zero attached hydrogens (tertiary/aromatic N) is 3. The predicted octanol–water partition coefficient (Wildman–Crippen LogP) is 1.58. The van der Waals surface area contributed by atoms with Crippen LogP contribution in [0.4, 0.5) is 0 Å². The van der Waals surface area contributed by atoms with Crippen molar-refractivity contribution in [3.8, 4) is 5.75 Å². The Morgan fingerprint density at radius 2 is 1.74 bits per heavy atom. The van der Waals surface area contributed by atoms with Crippen LogP contribution in [0, 0.1) is 0 Å². The van der Waals surface area contributed by atoms with Gasteiger partial charge in [0.05, 0.1) is 0 Å². The van der Waals surface area contributed by atoms with Gasteiger partial charge < -0.3 is 19.6 Å². The summed E-state index contributed by atoms with van der Waals surface area (Å²) in [6.07, 6.45) is 5.55. The van der Waals surface area contributed by atoms with Gasteiger partial charge in [0.2, 0.25) is 6.41 Å². The summed E-state index contributed by atoms with van der Waals surface area (Å²) < 4.78 is 5.86. The SMILES string of the molecule is O=CN1CCN(Cc2cccc(OCC(O)CN3CCCCCC3)c2)CC1. The topological polar surface area (TPSA) is 56.3 Å². The average Bonchev–Trinajstić information content (AvgIpc) is 2.96. The van der Waals surface area contributed by atoms with Crippen molar-refractivity contribution in [2.24, 2.45) is 0 Å². The van der Waals surface area contributed by atoms with Crippen LogP contribution in [0.15, 0.2) is 24.3 Å². The Morgan fingerprint density at radius 3 is 2.44 bits per heavy atom. The van der Waals surface area contributed by atoms with Crippen molar-refractivity contribution in [3.05, 3.63) is 29.8 Å². The zero-order chi connectivity index (χ0) is 18.9. The van der Waals surface area contributed by atoms with E-state index in [2.05, 4.69) is 21.9 Å². The van der Waals surface area contributed by atoms with Gasteiger partial charge in [-0.25, -0.2) is 0 Å². The number of benzene rings is 1. The van der Waals surface area contributed by atoms with Gasteiger partial charge >= 0.3 is 0 Å². The van der Waals surface area contributed by atoms with E-state index in [9.17, 15) is 9.90 Å². The van der Waals surface area contributed by atoms with Gasteiger partial charge in [-0.2, -0.15) is 0 Å². The normalized spacial score (nSPS) is 20.9. The summed E-state index contributed by atoms with van der Waals surface area (Å²) in [5, 5.41) is 10.3. The molecule has 1 amide bonds. The zero-order valence-corrected chi connectivity index (χ0v) is 16.3. The van der Waals surface area contributed by atoms with E-state index in [1.54, 1.807) is 0 Å². The van der Waals surface area contributed by atoms with Crippen LogP contribution in [0.25, 0.3) is 0 Å². The number of aliphatic hydroxyl groups excluding tert-OH is 1. The van der Waals surface area contributed by atoms with Crippen molar-refractivity contribution in [3.63, 3.8) is 0 Å².